The predicted octanol–water partition coefficient (Wildman–Crippen LogP) is 5.33. The van der Waals surface area contributed by atoms with Gasteiger partial charge in [-0.1, -0.05) is 78.0 Å². The normalized spacial score (nSPS) is 11.9. The summed E-state index contributed by atoms with van der Waals surface area (Å²) in [4.78, 5) is 0. The van der Waals surface area contributed by atoms with Gasteiger partial charge in [-0.15, -0.1) is 0 Å². The van der Waals surface area contributed by atoms with Crippen molar-refractivity contribution in [2.45, 2.75) is 48.0 Å². The smallest absolute Gasteiger partial charge is 0.00882 e. The van der Waals surface area contributed by atoms with Crippen LogP contribution in [-0.4, -0.2) is 0 Å². The lowest BCUT2D eigenvalue weighted by molar-refractivity contribution is 0.469. The van der Waals surface area contributed by atoms with Crippen LogP contribution in [0.5, 0.6) is 0 Å². The second-order valence-electron chi connectivity index (χ2n) is 5.31. The molecule has 16 heavy (non-hydrogen) atoms. The van der Waals surface area contributed by atoms with Crippen LogP contribution >= 0.6 is 0 Å². The average molecular weight is 218 g/mol. The topological polar surface area (TPSA) is 0 Å². The summed E-state index contributed by atoms with van der Waals surface area (Å²) in [6, 6.07) is 8.49. The number of allylic oxidation sites excluding steroid dienone is 1. The van der Waals surface area contributed by atoms with E-state index in [0.29, 0.717) is 5.41 Å². The van der Waals surface area contributed by atoms with Crippen LogP contribution < -0.4 is 0 Å². The van der Waals surface area contributed by atoms with Crippen molar-refractivity contribution in [2.24, 2.45) is 5.41 Å². The fourth-order valence-electron chi connectivity index (χ4n) is 1.20. The van der Waals surface area contributed by atoms with Gasteiger partial charge < -0.3 is 0 Å². The fraction of sp³-hybridized carbons (Fsp3) is 0.500. The Morgan fingerprint density at radius 2 is 1.44 bits per heavy atom. The molecule has 0 saturated heterocycles. The second kappa shape index (κ2) is 7.27. The van der Waals surface area contributed by atoms with Gasteiger partial charge in [0.15, 0.2) is 0 Å². The summed E-state index contributed by atoms with van der Waals surface area (Å²) >= 11 is 0. The van der Waals surface area contributed by atoms with Gasteiger partial charge in [-0.2, -0.15) is 0 Å². The molecule has 0 spiro atoms. The zero-order chi connectivity index (χ0) is 12.6. The molecule has 0 unspecified atom stereocenters. The maximum absolute atomic E-state index is 2.20. The Morgan fingerprint density at radius 1 is 0.938 bits per heavy atom. The van der Waals surface area contributed by atoms with E-state index >= 15 is 0 Å². The maximum Gasteiger partial charge on any atom is -0.00882 e. The molecule has 0 heterocycles. The molecule has 0 radical (unpaired) electrons. The van der Waals surface area contributed by atoms with Gasteiger partial charge >= 0.3 is 0 Å². The highest BCUT2D eigenvalue weighted by atomic mass is 14.0. The first-order chi connectivity index (χ1) is 7.47. The van der Waals surface area contributed by atoms with Gasteiger partial charge in [0.25, 0.3) is 0 Å². The van der Waals surface area contributed by atoms with E-state index < -0.39 is 0 Å². The quantitative estimate of drug-likeness (QED) is 0.552. The van der Waals surface area contributed by atoms with Gasteiger partial charge in [-0.25, -0.2) is 0 Å². The minimum absolute atomic E-state index is 0.500. The first-order valence-corrected chi connectivity index (χ1v) is 6.21. The van der Waals surface area contributed by atoms with E-state index in [0.717, 1.165) is 6.42 Å². The van der Waals surface area contributed by atoms with Crippen molar-refractivity contribution in [3.63, 3.8) is 0 Å². The molecule has 0 fully saturated rings. The molecule has 0 bridgehead atoms. The van der Waals surface area contributed by atoms with E-state index in [-0.39, 0.29) is 0 Å². The predicted molar refractivity (Wildman–Crippen MR) is 75.7 cm³/mol. The molecular weight excluding hydrogens is 192 g/mol. The zero-order valence-electron chi connectivity index (χ0n) is 11.7. The highest BCUT2D eigenvalue weighted by Crippen LogP contribution is 2.17. The molecule has 0 N–H and O–H groups in total. The van der Waals surface area contributed by atoms with Gasteiger partial charge in [0, 0.05) is 0 Å². The lowest BCUT2D eigenvalue weighted by Crippen LogP contribution is -1.93. The fourth-order valence-corrected chi connectivity index (χ4v) is 1.20. The molecule has 2 rings (SSSR count). The molecule has 0 saturated carbocycles. The second-order valence-corrected chi connectivity index (χ2v) is 5.31. The van der Waals surface area contributed by atoms with Crippen LogP contribution in [0.15, 0.2) is 30.3 Å². The summed E-state index contributed by atoms with van der Waals surface area (Å²) in [7, 11) is 0. The van der Waals surface area contributed by atoms with E-state index in [1.54, 1.807) is 0 Å². The molecule has 0 atom stereocenters. The Labute approximate surface area is 101 Å². The van der Waals surface area contributed by atoms with Gasteiger partial charge in [0.2, 0.25) is 0 Å². The molecule has 0 amide bonds. The molecule has 0 aliphatic heterocycles. The summed E-state index contributed by atoms with van der Waals surface area (Å²) in [5.74, 6) is 0. The van der Waals surface area contributed by atoms with Crippen molar-refractivity contribution < 1.29 is 0 Å². The van der Waals surface area contributed by atoms with Crippen LogP contribution in [0.4, 0.5) is 0 Å². The molecule has 1 aliphatic carbocycles. The lowest BCUT2D eigenvalue weighted by Gasteiger charge is -2.05. The van der Waals surface area contributed by atoms with Crippen molar-refractivity contribution in [3.05, 3.63) is 41.5 Å². The SMILES string of the molecule is C1=Cc2ccccc2C1.CC.CC(C)(C)C. The molecular formula is C16H26. The Balaban J connectivity index is 0.000000280. The molecule has 1 aromatic carbocycles. The van der Waals surface area contributed by atoms with Crippen molar-refractivity contribution >= 4 is 6.08 Å². The molecule has 90 valence electrons. The van der Waals surface area contributed by atoms with Gasteiger partial charge in [0.1, 0.15) is 0 Å². The molecule has 1 aromatic rings. The Morgan fingerprint density at radius 3 is 1.94 bits per heavy atom. The third-order valence-electron chi connectivity index (χ3n) is 1.69. The molecule has 1 aliphatic rings. The van der Waals surface area contributed by atoms with E-state index in [4.69, 9.17) is 0 Å². The summed E-state index contributed by atoms with van der Waals surface area (Å²) in [5.41, 5.74) is 3.34. The summed E-state index contributed by atoms with van der Waals surface area (Å²) in [6.07, 6.45) is 5.50. The van der Waals surface area contributed by atoms with E-state index in [2.05, 4.69) is 64.1 Å². The van der Waals surface area contributed by atoms with Crippen molar-refractivity contribution in [1.82, 2.24) is 0 Å². The van der Waals surface area contributed by atoms with Gasteiger partial charge in [0.05, 0.1) is 0 Å². The summed E-state index contributed by atoms with van der Waals surface area (Å²) in [5, 5.41) is 0. The van der Waals surface area contributed by atoms with Gasteiger partial charge in [-0.05, 0) is 23.0 Å². The monoisotopic (exact) mass is 218 g/mol. The number of hydrogen-bond donors (Lipinski definition) is 0. The third-order valence-corrected chi connectivity index (χ3v) is 1.69. The van der Waals surface area contributed by atoms with Gasteiger partial charge in [-0.3, -0.25) is 0 Å². The van der Waals surface area contributed by atoms with Crippen LogP contribution in [0.3, 0.4) is 0 Å². The van der Waals surface area contributed by atoms with Crippen LogP contribution in [-0.2, 0) is 6.42 Å². The van der Waals surface area contributed by atoms with Crippen LogP contribution in [0, 0.1) is 5.41 Å². The van der Waals surface area contributed by atoms with Crippen molar-refractivity contribution in [3.8, 4) is 0 Å². The number of hydrogen-bond acceptors (Lipinski definition) is 0. The number of fused-ring (bicyclic) bond motifs is 1. The van der Waals surface area contributed by atoms with Crippen molar-refractivity contribution in [2.75, 3.05) is 0 Å². The lowest BCUT2D eigenvalue weighted by atomic mass is 10.0. The molecule has 0 nitrogen and oxygen atoms in total. The minimum atomic E-state index is 0.500. The van der Waals surface area contributed by atoms with Crippen LogP contribution in [0.1, 0.15) is 52.7 Å². The molecule has 0 aromatic heterocycles. The third kappa shape index (κ3) is 7.28. The minimum Gasteiger partial charge on any atom is -0.0795 e. The Kier molecular flexibility index (Phi) is 6.80. The number of benzene rings is 1. The summed E-state index contributed by atoms with van der Waals surface area (Å²) < 4.78 is 0. The zero-order valence-corrected chi connectivity index (χ0v) is 11.7. The van der Waals surface area contributed by atoms with E-state index in [9.17, 15) is 0 Å². The van der Waals surface area contributed by atoms with Crippen LogP contribution in [0.2, 0.25) is 0 Å². The first kappa shape index (κ1) is 15.0. The Bertz CT molecular complexity index is 307. The maximum atomic E-state index is 2.20. The summed E-state index contributed by atoms with van der Waals surface area (Å²) in [6.45, 7) is 12.8. The highest BCUT2D eigenvalue weighted by molar-refractivity contribution is 5.59. The standard InChI is InChI=1S/C9H8.C5H12.C2H6/c1-2-5-9-7-3-6-8(9)4-1;1-5(2,3)4;1-2/h1-6H,7H2;1-4H3;1-2H3. The average Bonchev–Trinajstić information content (AvgIpc) is 2.66. The highest BCUT2D eigenvalue weighted by Gasteiger charge is 2.00. The van der Waals surface area contributed by atoms with Crippen molar-refractivity contribution in [1.29, 1.82) is 0 Å². The molecule has 0 heteroatoms. The number of rotatable bonds is 0. The van der Waals surface area contributed by atoms with E-state index in [1.165, 1.54) is 11.1 Å². The largest absolute Gasteiger partial charge is 0.0795 e. The first-order valence-electron chi connectivity index (χ1n) is 6.21. The van der Waals surface area contributed by atoms with Crippen LogP contribution in [0.25, 0.3) is 6.08 Å². The Hall–Kier alpha value is -1.04. The van der Waals surface area contributed by atoms with E-state index in [1.807, 2.05) is 13.8 Å².